The average Bonchev–Trinajstić information content (AvgIpc) is 2.91. The number of hydrogen-bond acceptors (Lipinski definition) is 6. The third-order valence-corrected chi connectivity index (χ3v) is 10.6. The van der Waals surface area contributed by atoms with Crippen molar-refractivity contribution in [1.29, 1.82) is 0 Å². The van der Waals surface area contributed by atoms with Crippen LogP contribution in [0.1, 0.15) is 56.6 Å². The molecule has 2 N–H and O–H groups in total. The molecule has 9 heteroatoms. The molecule has 0 amide bonds. The number of halogens is 1. The Morgan fingerprint density at radius 3 is 2.27 bits per heavy atom. The summed E-state index contributed by atoms with van der Waals surface area (Å²) in [4.78, 5) is 7.75. The number of hydrogen-bond donors (Lipinski definition) is 2. The molecule has 0 spiro atoms. The van der Waals surface area contributed by atoms with Gasteiger partial charge in [-0.3, -0.25) is 19.4 Å². The van der Waals surface area contributed by atoms with Crippen molar-refractivity contribution in [3.63, 3.8) is 0 Å². The van der Waals surface area contributed by atoms with Crippen LogP contribution in [0.4, 0.5) is 5.69 Å². The fourth-order valence-corrected chi connectivity index (χ4v) is 8.14. The number of nitrogens with one attached hydrogen (secondary N) is 2. The zero-order valence-electron chi connectivity index (χ0n) is 24.7. The Balaban J connectivity index is 0.00000370. The summed E-state index contributed by atoms with van der Waals surface area (Å²) in [6, 6.07) is 17.1. The van der Waals surface area contributed by atoms with E-state index in [4.69, 9.17) is 0 Å². The maximum Gasteiger partial charge on any atom is 0.243 e. The van der Waals surface area contributed by atoms with E-state index in [1.54, 1.807) is 0 Å². The third kappa shape index (κ3) is 5.72. The molecule has 7 nitrogen and oxygen atoms in total. The van der Waals surface area contributed by atoms with Crippen molar-refractivity contribution >= 4 is 28.1 Å². The van der Waals surface area contributed by atoms with Crippen LogP contribution in [-0.2, 0) is 15.7 Å². The standard InChI is InChI=1S/C31H45N5O2S.ClH/c1-22(2)34-17-19-35(20-18-34)31(36-21-24(4)32-25(5)26(36)6)16-15-30(28-9-7-8-10-29(28)31)39(37,38)33-27-13-11-23(3)12-14-27;/h7-16,22,24-26,30,32-33H,17-21H2,1-6H3;1H. The molecule has 3 aliphatic rings. The predicted octanol–water partition coefficient (Wildman–Crippen LogP) is 4.72. The molecule has 2 fully saturated rings. The van der Waals surface area contributed by atoms with Crippen molar-refractivity contribution in [2.45, 2.75) is 76.6 Å². The van der Waals surface area contributed by atoms with Crippen LogP contribution in [-0.4, -0.2) is 80.0 Å². The summed E-state index contributed by atoms with van der Waals surface area (Å²) in [5.74, 6) is 0. The highest BCUT2D eigenvalue weighted by Gasteiger charge is 2.51. The lowest BCUT2D eigenvalue weighted by Gasteiger charge is -2.59. The molecule has 0 saturated carbocycles. The number of rotatable bonds is 6. The number of piperazine rings is 2. The van der Waals surface area contributed by atoms with Crippen molar-refractivity contribution in [2.75, 3.05) is 37.4 Å². The van der Waals surface area contributed by atoms with Gasteiger partial charge in [-0.1, -0.05) is 48.0 Å². The minimum absolute atomic E-state index is 0. The largest absolute Gasteiger partial charge is 0.309 e. The molecule has 5 unspecified atom stereocenters. The van der Waals surface area contributed by atoms with Crippen molar-refractivity contribution in [3.05, 3.63) is 77.4 Å². The van der Waals surface area contributed by atoms with Crippen LogP contribution in [0.3, 0.4) is 0 Å². The number of fused-ring (bicyclic) bond motifs is 1. The van der Waals surface area contributed by atoms with E-state index in [1.165, 1.54) is 0 Å². The van der Waals surface area contributed by atoms with Gasteiger partial charge in [0.15, 0.2) is 0 Å². The molecule has 5 atom stereocenters. The third-order valence-electron chi connectivity index (χ3n) is 9.01. The lowest BCUT2D eigenvalue weighted by molar-refractivity contribution is -0.0951. The van der Waals surface area contributed by atoms with Gasteiger partial charge in [0.05, 0.1) is 0 Å². The number of nitrogens with zero attached hydrogens (tertiary/aromatic N) is 3. The molecule has 2 aromatic rings. The summed E-state index contributed by atoms with van der Waals surface area (Å²) in [6.45, 7) is 18.1. The molecule has 40 heavy (non-hydrogen) atoms. The van der Waals surface area contributed by atoms with Gasteiger partial charge in [0.25, 0.3) is 0 Å². The van der Waals surface area contributed by atoms with Crippen molar-refractivity contribution in [3.8, 4) is 0 Å². The van der Waals surface area contributed by atoms with Gasteiger partial charge in [-0.2, -0.15) is 0 Å². The van der Waals surface area contributed by atoms with E-state index < -0.39 is 20.9 Å². The molecule has 1 aliphatic carbocycles. The maximum absolute atomic E-state index is 13.8. The molecule has 2 aromatic carbocycles. The summed E-state index contributed by atoms with van der Waals surface area (Å²) in [5.41, 5.74) is 3.11. The first kappa shape index (κ1) is 31.0. The Labute approximate surface area is 247 Å². The van der Waals surface area contributed by atoms with Crippen molar-refractivity contribution in [1.82, 2.24) is 20.0 Å². The van der Waals surface area contributed by atoms with E-state index in [2.05, 4.69) is 77.6 Å². The lowest BCUT2D eigenvalue weighted by atomic mass is 9.82. The van der Waals surface area contributed by atoms with Crippen LogP contribution in [0, 0.1) is 6.92 Å². The van der Waals surface area contributed by atoms with Gasteiger partial charge in [-0.05, 0) is 70.9 Å². The van der Waals surface area contributed by atoms with E-state index in [-0.39, 0.29) is 18.4 Å². The number of aryl methyl sites for hydroxylation is 1. The Morgan fingerprint density at radius 1 is 0.975 bits per heavy atom. The highest BCUT2D eigenvalue weighted by molar-refractivity contribution is 7.93. The Hall–Kier alpha value is -1.94. The molecule has 2 heterocycles. The zero-order valence-corrected chi connectivity index (χ0v) is 26.3. The average molecular weight is 588 g/mol. The lowest BCUT2D eigenvalue weighted by Crippen LogP contribution is -2.71. The Morgan fingerprint density at radius 2 is 1.62 bits per heavy atom. The predicted molar refractivity (Wildman–Crippen MR) is 167 cm³/mol. The minimum Gasteiger partial charge on any atom is -0.309 e. The van der Waals surface area contributed by atoms with E-state index in [1.807, 2.05) is 49.4 Å². The summed E-state index contributed by atoms with van der Waals surface area (Å²) in [6.07, 6.45) is 4.15. The molecule has 0 radical (unpaired) electrons. The van der Waals surface area contributed by atoms with Gasteiger partial charge in [0.2, 0.25) is 10.0 Å². The van der Waals surface area contributed by atoms with Gasteiger partial charge in [-0.25, -0.2) is 8.42 Å². The first-order valence-electron chi connectivity index (χ1n) is 14.4. The zero-order chi connectivity index (χ0) is 27.9. The molecule has 5 rings (SSSR count). The van der Waals surface area contributed by atoms with Gasteiger partial charge in [0, 0.05) is 62.6 Å². The normalized spacial score (nSPS) is 30.1. The van der Waals surface area contributed by atoms with E-state index in [0.717, 1.165) is 49.4 Å². The summed E-state index contributed by atoms with van der Waals surface area (Å²) >= 11 is 0. The van der Waals surface area contributed by atoms with Crippen LogP contribution >= 0.6 is 12.4 Å². The van der Waals surface area contributed by atoms with Crippen molar-refractivity contribution in [2.24, 2.45) is 0 Å². The summed E-state index contributed by atoms with van der Waals surface area (Å²) < 4.78 is 30.6. The second-order valence-electron chi connectivity index (χ2n) is 12.0. The molecule has 220 valence electrons. The van der Waals surface area contributed by atoms with Crippen LogP contribution in [0.25, 0.3) is 0 Å². The maximum atomic E-state index is 13.8. The fraction of sp³-hybridized carbons (Fsp3) is 0.548. The first-order valence-corrected chi connectivity index (χ1v) is 16.0. The second kappa shape index (κ2) is 12.1. The van der Waals surface area contributed by atoms with Gasteiger partial charge >= 0.3 is 0 Å². The van der Waals surface area contributed by atoms with E-state index in [9.17, 15) is 8.42 Å². The molecular formula is C31H46ClN5O2S. The van der Waals surface area contributed by atoms with Crippen molar-refractivity contribution < 1.29 is 8.42 Å². The Bertz CT molecular complexity index is 1290. The molecule has 0 bridgehead atoms. The molecule has 2 aliphatic heterocycles. The van der Waals surface area contributed by atoms with Gasteiger partial charge in [0.1, 0.15) is 10.9 Å². The molecule has 0 aromatic heterocycles. The minimum atomic E-state index is -3.72. The molecule has 2 saturated heterocycles. The molecular weight excluding hydrogens is 542 g/mol. The van der Waals surface area contributed by atoms with Crippen LogP contribution in [0.15, 0.2) is 60.7 Å². The van der Waals surface area contributed by atoms with Gasteiger partial charge < -0.3 is 5.32 Å². The van der Waals surface area contributed by atoms with Gasteiger partial charge in [-0.15, -0.1) is 12.4 Å². The van der Waals surface area contributed by atoms with E-state index >= 15 is 0 Å². The Kier molecular flexibility index (Phi) is 9.39. The summed E-state index contributed by atoms with van der Waals surface area (Å²) in [7, 11) is -3.72. The van der Waals surface area contributed by atoms with Crippen LogP contribution in [0.5, 0.6) is 0 Å². The van der Waals surface area contributed by atoms with Crippen LogP contribution < -0.4 is 10.0 Å². The smallest absolute Gasteiger partial charge is 0.243 e. The highest BCUT2D eigenvalue weighted by atomic mass is 35.5. The van der Waals surface area contributed by atoms with E-state index in [0.29, 0.717) is 23.8 Å². The fourth-order valence-electron chi connectivity index (χ4n) is 6.72. The number of anilines is 1. The quantitative estimate of drug-likeness (QED) is 0.477. The SMILES string of the molecule is Cc1ccc(NS(=O)(=O)C2C=CC(N3CCN(C(C)C)CC3)(N3CC(C)NC(C)C3C)c3ccccc32)cc1.Cl. The number of benzene rings is 2. The number of sulfonamides is 1. The highest BCUT2D eigenvalue weighted by Crippen LogP contribution is 2.47. The topological polar surface area (TPSA) is 67.9 Å². The summed E-state index contributed by atoms with van der Waals surface area (Å²) in [5, 5.41) is 2.96. The monoisotopic (exact) mass is 587 g/mol. The first-order chi connectivity index (χ1) is 18.5. The second-order valence-corrected chi connectivity index (χ2v) is 13.8. The van der Waals surface area contributed by atoms with Crippen LogP contribution in [0.2, 0.25) is 0 Å².